The van der Waals surface area contributed by atoms with Crippen LogP contribution in [0.25, 0.3) is 16.7 Å². The summed E-state index contributed by atoms with van der Waals surface area (Å²) in [6.07, 6.45) is 3.28. The molecule has 5 heteroatoms. The zero-order chi connectivity index (χ0) is 12.5. The number of pyridine rings is 1. The van der Waals surface area contributed by atoms with Crippen LogP contribution in [0.4, 0.5) is 5.69 Å². The van der Waals surface area contributed by atoms with E-state index in [4.69, 9.17) is 11.0 Å². The number of fused-ring (bicyclic) bond motifs is 1. The molecule has 3 rings (SSSR count). The van der Waals surface area contributed by atoms with Crippen molar-refractivity contribution >= 4 is 16.6 Å². The van der Waals surface area contributed by atoms with E-state index in [0.717, 1.165) is 10.9 Å². The molecule has 18 heavy (non-hydrogen) atoms. The van der Waals surface area contributed by atoms with Crippen LogP contribution in [0.2, 0.25) is 0 Å². The highest BCUT2D eigenvalue weighted by atomic mass is 15.3. The molecule has 0 spiro atoms. The molecular formula is C13H9N5. The van der Waals surface area contributed by atoms with Crippen molar-refractivity contribution in [3.8, 4) is 11.9 Å². The SMILES string of the molecule is N#Cc1ccc(-n2ncc3ccc(N)cc32)nc1. The first-order valence-corrected chi connectivity index (χ1v) is 5.38. The van der Waals surface area contributed by atoms with Crippen LogP contribution in [0.15, 0.2) is 42.7 Å². The Bertz CT molecular complexity index is 749. The van der Waals surface area contributed by atoms with E-state index >= 15 is 0 Å². The van der Waals surface area contributed by atoms with Crippen molar-refractivity contribution in [3.05, 3.63) is 48.3 Å². The Hall–Kier alpha value is -2.87. The van der Waals surface area contributed by atoms with Gasteiger partial charge in [-0.2, -0.15) is 10.4 Å². The molecule has 86 valence electrons. The lowest BCUT2D eigenvalue weighted by Crippen LogP contribution is -1.99. The van der Waals surface area contributed by atoms with E-state index in [-0.39, 0.29) is 0 Å². The molecular weight excluding hydrogens is 226 g/mol. The van der Waals surface area contributed by atoms with Gasteiger partial charge in [0.25, 0.3) is 0 Å². The van der Waals surface area contributed by atoms with Gasteiger partial charge in [-0.25, -0.2) is 9.67 Å². The minimum absolute atomic E-state index is 0.523. The number of nitrogens with two attached hydrogens (primary N) is 1. The topological polar surface area (TPSA) is 80.5 Å². The summed E-state index contributed by atoms with van der Waals surface area (Å²) in [6, 6.07) is 11.1. The van der Waals surface area contributed by atoms with Crippen LogP contribution in [0.5, 0.6) is 0 Å². The third kappa shape index (κ3) is 1.57. The van der Waals surface area contributed by atoms with Crippen molar-refractivity contribution in [1.29, 1.82) is 5.26 Å². The lowest BCUT2D eigenvalue weighted by atomic mass is 10.2. The number of hydrogen-bond acceptors (Lipinski definition) is 4. The van der Waals surface area contributed by atoms with E-state index in [1.165, 1.54) is 6.20 Å². The van der Waals surface area contributed by atoms with Crippen LogP contribution >= 0.6 is 0 Å². The van der Waals surface area contributed by atoms with Gasteiger partial charge in [0.1, 0.15) is 6.07 Å². The number of nitrogens with zero attached hydrogens (tertiary/aromatic N) is 4. The number of anilines is 1. The molecule has 0 atom stereocenters. The molecule has 0 saturated heterocycles. The number of nitriles is 1. The first-order valence-electron chi connectivity index (χ1n) is 5.38. The van der Waals surface area contributed by atoms with Gasteiger partial charge in [0.05, 0.1) is 17.3 Å². The zero-order valence-electron chi connectivity index (χ0n) is 9.41. The van der Waals surface area contributed by atoms with Crippen LogP contribution < -0.4 is 5.73 Å². The molecule has 0 aliphatic rings. The van der Waals surface area contributed by atoms with Crippen LogP contribution in [0, 0.1) is 11.3 Å². The molecule has 0 radical (unpaired) electrons. The largest absolute Gasteiger partial charge is 0.399 e. The standard InChI is InChI=1S/C13H9N5/c14-6-9-1-4-13(16-7-9)18-12-5-11(15)3-2-10(12)8-17-18/h1-5,7-8H,15H2. The Kier molecular flexibility index (Phi) is 2.21. The summed E-state index contributed by atoms with van der Waals surface area (Å²) >= 11 is 0. The van der Waals surface area contributed by atoms with Gasteiger partial charge < -0.3 is 5.73 Å². The molecule has 1 aromatic carbocycles. The van der Waals surface area contributed by atoms with Gasteiger partial charge in [0.2, 0.25) is 0 Å². The fourth-order valence-corrected chi connectivity index (χ4v) is 1.80. The molecule has 0 aliphatic heterocycles. The van der Waals surface area contributed by atoms with Gasteiger partial charge >= 0.3 is 0 Å². The van der Waals surface area contributed by atoms with Crippen LogP contribution in [-0.4, -0.2) is 14.8 Å². The first-order chi connectivity index (χ1) is 8.78. The number of hydrogen-bond donors (Lipinski definition) is 1. The van der Waals surface area contributed by atoms with Crippen molar-refractivity contribution in [1.82, 2.24) is 14.8 Å². The molecule has 0 fully saturated rings. The average molecular weight is 235 g/mol. The molecule has 2 heterocycles. The molecule has 2 aromatic heterocycles. The Balaban J connectivity index is 2.19. The highest BCUT2D eigenvalue weighted by molar-refractivity contribution is 5.83. The number of nitrogen functional groups attached to an aromatic ring is 1. The van der Waals surface area contributed by atoms with Crippen LogP contribution in [0.1, 0.15) is 5.56 Å². The second kappa shape index (κ2) is 3.86. The molecule has 0 unspecified atom stereocenters. The lowest BCUT2D eigenvalue weighted by molar-refractivity contribution is 0.874. The molecule has 0 amide bonds. The highest BCUT2D eigenvalue weighted by Crippen LogP contribution is 2.19. The number of aromatic nitrogens is 3. The summed E-state index contributed by atoms with van der Waals surface area (Å²) in [5.41, 5.74) is 7.87. The van der Waals surface area contributed by atoms with E-state index < -0.39 is 0 Å². The second-order valence-corrected chi connectivity index (χ2v) is 3.89. The van der Waals surface area contributed by atoms with Gasteiger partial charge in [-0.3, -0.25) is 0 Å². The Morgan fingerprint density at radius 3 is 2.78 bits per heavy atom. The summed E-state index contributed by atoms with van der Waals surface area (Å²) in [6.45, 7) is 0. The third-order valence-corrected chi connectivity index (χ3v) is 2.69. The summed E-state index contributed by atoms with van der Waals surface area (Å²) in [7, 11) is 0. The minimum Gasteiger partial charge on any atom is -0.399 e. The minimum atomic E-state index is 0.523. The molecule has 2 N–H and O–H groups in total. The van der Waals surface area contributed by atoms with Gasteiger partial charge in [-0.05, 0) is 30.3 Å². The zero-order valence-corrected chi connectivity index (χ0v) is 9.41. The van der Waals surface area contributed by atoms with Crippen LogP contribution in [-0.2, 0) is 0 Å². The van der Waals surface area contributed by atoms with E-state index in [0.29, 0.717) is 17.1 Å². The van der Waals surface area contributed by atoms with Gasteiger partial charge in [0.15, 0.2) is 5.82 Å². The van der Waals surface area contributed by atoms with Crippen molar-refractivity contribution in [3.63, 3.8) is 0 Å². The molecule has 5 nitrogen and oxygen atoms in total. The number of rotatable bonds is 1. The van der Waals surface area contributed by atoms with E-state index in [1.54, 1.807) is 23.0 Å². The van der Waals surface area contributed by atoms with Crippen LogP contribution in [0.3, 0.4) is 0 Å². The van der Waals surface area contributed by atoms with E-state index in [2.05, 4.69) is 10.1 Å². The molecule has 0 saturated carbocycles. The maximum atomic E-state index is 8.74. The Morgan fingerprint density at radius 2 is 2.06 bits per heavy atom. The number of benzene rings is 1. The normalized spacial score (nSPS) is 10.4. The lowest BCUT2D eigenvalue weighted by Gasteiger charge is -2.02. The smallest absolute Gasteiger partial charge is 0.154 e. The Labute approximate surface area is 103 Å². The monoisotopic (exact) mass is 235 g/mol. The predicted octanol–water partition coefficient (Wildman–Crippen LogP) is 1.87. The quantitative estimate of drug-likeness (QED) is 0.653. The summed E-state index contributed by atoms with van der Waals surface area (Å²) in [5, 5.41) is 14.0. The van der Waals surface area contributed by atoms with Gasteiger partial charge in [-0.1, -0.05) is 0 Å². The maximum Gasteiger partial charge on any atom is 0.154 e. The highest BCUT2D eigenvalue weighted by Gasteiger charge is 2.06. The molecule has 0 aliphatic carbocycles. The Morgan fingerprint density at radius 1 is 1.17 bits per heavy atom. The fourth-order valence-electron chi connectivity index (χ4n) is 1.80. The third-order valence-electron chi connectivity index (χ3n) is 2.69. The van der Waals surface area contributed by atoms with Crippen molar-refractivity contribution in [2.24, 2.45) is 0 Å². The average Bonchev–Trinajstić information content (AvgIpc) is 2.82. The maximum absolute atomic E-state index is 8.74. The van der Waals surface area contributed by atoms with Crippen molar-refractivity contribution in [2.45, 2.75) is 0 Å². The van der Waals surface area contributed by atoms with Gasteiger partial charge in [0, 0.05) is 17.3 Å². The van der Waals surface area contributed by atoms with E-state index in [1.807, 2.05) is 24.3 Å². The second-order valence-electron chi connectivity index (χ2n) is 3.89. The fraction of sp³-hybridized carbons (Fsp3) is 0. The van der Waals surface area contributed by atoms with Crippen molar-refractivity contribution in [2.75, 3.05) is 5.73 Å². The molecule has 3 aromatic rings. The predicted molar refractivity (Wildman–Crippen MR) is 68.0 cm³/mol. The van der Waals surface area contributed by atoms with Crippen molar-refractivity contribution < 1.29 is 0 Å². The summed E-state index contributed by atoms with van der Waals surface area (Å²) in [4.78, 5) is 4.21. The van der Waals surface area contributed by atoms with Gasteiger partial charge in [-0.15, -0.1) is 0 Å². The first kappa shape index (κ1) is 10.3. The summed E-state index contributed by atoms with van der Waals surface area (Å²) in [5.74, 6) is 0.662. The van der Waals surface area contributed by atoms with E-state index in [9.17, 15) is 0 Å². The summed E-state index contributed by atoms with van der Waals surface area (Å²) < 4.78 is 1.70. The molecule has 0 bridgehead atoms.